The van der Waals surface area contributed by atoms with E-state index < -0.39 is 41.4 Å². The van der Waals surface area contributed by atoms with Gasteiger partial charge in [-0.3, -0.25) is 48.9 Å². The number of pyridine rings is 1. The fraction of sp³-hybridized carbons (Fsp3) is 0.333. The Labute approximate surface area is 403 Å². The van der Waals surface area contributed by atoms with E-state index in [1.165, 1.54) is 31.5 Å². The summed E-state index contributed by atoms with van der Waals surface area (Å²) in [5, 5.41) is 21.4. The van der Waals surface area contributed by atoms with Crippen LogP contribution in [0.4, 0.5) is 21.5 Å². The van der Waals surface area contributed by atoms with Gasteiger partial charge in [0.1, 0.15) is 23.3 Å². The van der Waals surface area contributed by atoms with Gasteiger partial charge in [0.05, 0.1) is 53.4 Å². The maximum atomic E-state index is 14.9. The van der Waals surface area contributed by atoms with Crippen LogP contribution >= 0.6 is 0 Å². The number of aromatic nitrogens is 3. The van der Waals surface area contributed by atoms with Crippen molar-refractivity contribution in [2.75, 3.05) is 68.5 Å². The molecule has 0 radical (unpaired) electrons. The number of nitrogens with one attached hydrogen (secondary N) is 4. The molecule has 2 saturated heterocycles. The van der Waals surface area contributed by atoms with Crippen LogP contribution in [0.5, 0.6) is 5.75 Å². The topological polar surface area (TPSA) is 232 Å². The van der Waals surface area contributed by atoms with Crippen molar-refractivity contribution in [3.05, 3.63) is 114 Å². The molecule has 0 saturated carbocycles. The van der Waals surface area contributed by atoms with Gasteiger partial charge in [0.25, 0.3) is 17.7 Å². The number of hydrogen-bond acceptors (Lipinski definition) is 14. The Hall–Kier alpha value is -8.11. The van der Waals surface area contributed by atoms with Crippen molar-refractivity contribution in [1.29, 1.82) is 5.26 Å². The second-order valence-electron chi connectivity index (χ2n) is 17.2. The third-order valence-corrected chi connectivity index (χ3v) is 12.6. The Kier molecular flexibility index (Phi) is 15.4. The number of carbonyl (C=O) groups is 6. The van der Waals surface area contributed by atoms with E-state index in [4.69, 9.17) is 4.74 Å². The number of nitrogens with zero attached hydrogens (tertiary/aromatic N) is 7. The molecule has 5 heterocycles. The number of hydrogen-bond donors (Lipinski definition) is 4. The predicted octanol–water partition coefficient (Wildman–Crippen LogP) is 5.57. The van der Waals surface area contributed by atoms with Crippen LogP contribution < -0.4 is 30.9 Å². The standard InChI is InChI=1S/C51H52FN11O7/c1-70-43-10-8-9-38(52)46(43)47-57-22-18-40(58-47)48(66)59-39-14-11-32(37-30-54-21-17-33(37)29-53)27-42(39)62-25-23-61(24-26-62)31-45(65)56-20-7-5-3-2-4-6-19-55-34-12-13-35-36(28-34)51(69)63(50(35)68)41-15-16-44(64)60-49(41)67/h8-14,17-18,21-22,27-28,30,41,55H,2-7,15-16,19-20,23-26,31H2,1H3,(H,56,65)(H,59,66)(H,60,64,67). The highest BCUT2D eigenvalue weighted by molar-refractivity contribution is 6.23. The van der Waals surface area contributed by atoms with Gasteiger partial charge in [-0.25, -0.2) is 14.4 Å². The highest BCUT2D eigenvalue weighted by atomic mass is 19.1. The van der Waals surface area contributed by atoms with Crippen molar-refractivity contribution in [2.45, 2.75) is 57.4 Å². The fourth-order valence-corrected chi connectivity index (χ4v) is 8.88. The third-order valence-electron chi connectivity index (χ3n) is 12.6. The monoisotopic (exact) mass is 949 g/mol. The number of benzene rings is 3. The van der Waals surface area contributed by atoms with Gasteiger partial charge in [-0.15, -0.1) is 0 Å². The molecule has 70 heavy (non-hydrogen) atoms. The molecule has 3 aliphatic rings. The first-order chi connectivity index (χ1) is 34.0. The first kappa shape index (κ1) is 48.4. The normalized spacial score (nSPS) is 15.8. The maximum absolute atomic E-state index is 14.9. The number of ether oxygens (including phenoxy) is 1. The third kappa shape index (κ3) is 11.1. The largest absolute Gasteiger partial charge is 0.496 e. The van der Waals surface area contributed by atoms with Crippen molar-refractivity contribution in [1.82, 2.24) is 35.4 Å². The molecule has 3 aliphatic heterocycles. The molecule has 0 aliphatic carbocycles. The number of nitriles is 1. The van der Waals surface area contributed by atoms with E-state index in [9.17, 15) is 38.4 Å². The number of rotatable bonds is 19. The number of carbonyl (C=O) groups excluding carboxylic acids is 6. The molecule has 0 spiro atoms. The quantitative estimate of drug-likeness (QED) is 0.0586. The number of piperazine rings is 1. The smallest absolute Gasteiger partial charge is 0.274 e. The van der Waals surface area contributed by atoms with Crippen LogP contribution in [0, 0.1) is 17.1 Å². The summed E-state index contributed by atoms with van der Waals surface area (Å²) >= 11 is 0. The molecule has 6 amide bonds. The summed E-state index contributed by atoms with van der Waals surface area (Å²) in [7, 11) is 1.41. The van der Waals surface area contributed by atoms with E-state index >= 15 is 0 Å². The number of anilines is 3. The highest BCUT2D eigenvalue weighted by Gasteiger charge is 2.44. The zero-order valence-electron chi connectivity index (χ0n) is 38.6. The molecule has 18 nitrogen and oxygen atoms in total. The number of halogens is 1. The van der Waals surface area contributed by atoms with E-state index in [0.29, 0.717) is 67.5 Å². The average molecular weight is 950 g/mol. The van der Waals surface area contributed by atoms with E-state index in [1.54, 1.807) is 48.8 Å². The minimum absolute atomic E-state index is 0.00224. The number of amides is 6. The van der Waals surface area contributed by atoms with Crippen molar-refractivity contribution < 1.29 is 37.9 Å². The molecule has 8 rings (SSSR count). The molecule has 3 aromatic carbocycles. The molecular formula is C51H52FN11O7. The van der Waals surface area contributed by atoms with Gasteiger partial charge < -0.3 is 25.6 Å². The second-order valence-corrected chi connectivity index (χ2v) is 17.2. The summed E-state index contributed by atoms with van der Waals surface area (Å²) in [6, 6.07) is 19.2. The van der Waals surface area contributed by atoms with E-state index in [-0.39, 0.29) is 59.3 Å². The summed E-state index contributed by atoms with van der Waals surface area (Å²) in [6.07, 6.45) is 10.5. The molecule has 1 atom stereocenters. The van der Waals surface area contributed by atoms with Crippen LogP contribution in [0.1, 0.15) is 88.1 Å². The summed E-state index contributed by atoms with van der Waals surface area (Å²) in [6.45, 7) is 3.79. The number of methoxy groups -OCH3 is 1. The van der Waals surface area contributed by atoms with Gasteiger partial charge in [0.2, 0.25) is 17.7 Å². The first-order valence-corrected chi connectivity index (χ1v) is 23.3. The Morgan fingerprint density at radius 2 is 1.64 bits per heavy atom. The van der Waals surface area contributed by atoms with Crippen molar-refractivity contribution in [2.24, 2.45) is 0 Å². The lowest BCUT2D eigenvalue weighted by molar-refractivity contribution is -0.136. The molecule has 19 heteroatoms. The number of unbranched alkanes of at least 4 members (excludes halogenated alkanes) is 5. The maximum Gasteiger partial charge on any atom is 0.274 e. The number of fused-ring (bicyclic) bond motifs is 1. The minimum Gasteiger partial charge on any atom is -0.496 e. The lowest BCUT2D eigenvalue weighted by Crippen LogP contribution is -2.54. The molecule has 5 aromatic rings. The minimum atomic E-state index is -0.999. The summed E-state index contributed by atoms with van der Waals surface area (Å²) in [5.74, 6) is -3.06. The van der Waals surface area contributed by atoms with Gasteiger partial charge in [0, 0.05) is 75.5 Å². The van der Waals surface area contributed by atoms with Crippen LogP contribution in [0.15, 0.2) is 85.3 Å². The van der Waals surface area contributed by atoms with Crippen molar-refractivity contribution >= 4 is 52.5 Å². The predicted molar refractivity (Wildman–Crippen MR) is 257 cm³/mol. The highest BCUT2D eigenvalue weighted by Crippen LogP contribution is 2.35. The summed E-state index contributed by atoms with van der Waals surface area (Å²) < 4.78 is 20.2. The van der Waals surface area contributed by atoms with Crippen LogP contribution in [-0.2, 0) is 14.4 Å². The Bertz CT molecular complexity index is 2860. The number of piperidine rings is 1. The summed E-state index contributed by atoms with van der Waals surface area (Å²) in [4.78, 5) is 94.7. The van der Waals surface area contributed by atoms with E-state index in [0.717, 1.165) is 49.0 Å². The van der Waals surface area contributed by atoms with Crippen LogP contribution in [-0.4, -0.2) is 119 Å². The molecule has 4 N–H and O–H groups in total. The van der Waals surface area contributed by atoms with Crippen LogP contribution in [0.3, 0.4) is 0 Å². The van der Waals surface area contributed by atoms with Gasteiger partial charge in [0.15, 0.2) is 5.82 Å². The van der Waals surface area contributed by atoms with E-state index in [1.807, 2.05) is 12.1 Å². The molecule has 1 unspecified atom stereocenters. The SMILES string of the molecule is COc1cccc(F)c1-c1nccc(C(=O)Nc2ccc(-c3cnccc3C#N)cc2N2CCN(CC(=O)NCCCCCCCCNc3ccc4c(c3)C(=O)N(C3CCC(=O)NC3=O)C4=O)CC2)n1. The van der Waals surface area contributed by atoms with Crippen molar-refractivity contribution in [3.63, 3.8) is 0 Å². The molecule has 0 bridgehead atoms. The summed E-state index contributed by atoms with van der Waals surface area (Å²) in [5.41, 5.74) is 4.30. The number of imide groups is 2. The second kappa shape index (κ2) is 22.3. The Balaban J connectivity index is 0.769. The molecule has 360 valence electrons. The first-order valence-electron chi connectivity index (χ1n) is 23.3. The van der Waals surface area contributed by atoms with Gasteiger partial charge in [-0.2, -0.15) is 5.26 Å². The lowest BCUT2D eigenvalue weighted by Gasteiger charge is -2.36. The molecule has 2 aromatic heterocycles. The Morgan fingerprint density at radius 1 is 0.871 bits per heavy atom. The molecular weight excluding hydrogens is 898 g/mol. The average Bonchev–Trinajstić information content (AvgIpc) is 3.61. The van der Waals surface area contributed by atoms with Crippen molar-refractivity contribution in [3.8, 4) is 34.3 Å². The fourth-order valence-electron chi connectivity index (χ4n) is 8.88. The van der Waals surface area contributed by atoms with Gasteiger partial charge >= 0.3 is 0 Å². The lowest BCUT2D eigenvalue weighted by atomic mass is 10.0. The van der Waals surface area contributed by atoms with Crippen LogP contribution in [0.25, 0.3) is 22.5 Å². The Morgan fingerprint density at radius 3 is 2.41 bits per heavy atom. The van der Waals surface area contributed by atoms with E-state index in [2.05, 4.69) is 52.1 Å². The van der Waals surface area contributed by atoms with Gasteiger partial charge in [-0.05, 0) is 79.4 Å². The van der Waals surface area contributed by atoms with Crippen LogP contribution in [0.2, 0.25) is 0 Å². The van der Waals surface area contributed by atoms with Gasteiger partial charge in [-0.1, -0.05) is 37.8 Å². The zero-order valence-corrected chi connectivity index (χ0v) is 38.6. The molecule has 2 fully saturated rings. The zero-order chi connectivity index (χ0) is 49.1.